The highest BCUT2D eigenvalue weighted by molar-refractivity contribution is 9.10. The van der Waals surface area contributed by atoms with Crippen LogP contribution in [0.25, 0.3) is 0 Å². The van der Waals surface area contributed by atoms with E-state index in [4.69, 9.17) is 0 Å². The van der Waals surface area contributed by atoms with E-state index in [1.54, 1.807) is 0 Å². The second-order valence-corrected chi connectivity index (χ2v) is 5.76. The van der Waals surface area contributed by atoms with Gasteiger partial charge in [0.25, 0.3) is 0 Å². The third kappa shape index (κ3) is 3.54. The summed E-state index contributed by atoms with van der Waals surface area (Å²) in [4.78, 5) is 11.9. The average molecular weight is 297 g/mol. The van der Waals surface area contributed by atoms with E-state index in [0.29, 0.717) is 6.42 Å². The molecular weight excluding hydrogens is 280 g/mol. The van der Waals surface area contributed by atoms with Gasteiger partial charge in [0.05, 0.1) is 12.0 Å². The maximum atomic E-state index is 11.9. The summed E-state index contributed by atoms with van der Waals surface area (Å²) in [5.41, 5.74) is 0.953. The van der Waals surface area contributed by atoms with E-state index in [9.17, 15) is 4.79 Å². The predicted molar refractivity (Wildman–Crippen MR) is 71.9 cm³/mol. The fourth-order valence-corrected chi connectivity index (χ4v) is 2.58. The van der Waals surface area contributed by atoms with E-state index in [1.807, 2.05) is 24.3 Å². The highest BCUT2D eigenvalue weighted by Crippen LogP contribution is 2.15. The molecule has 17 heavy (non-hydrogen) atoms. The van der Waals surface area contributed by atoms with E-state index in [0.717, 1.165) is 29.5 Å². The summed E-state index contributed by atoms with van der Waals surface area (Å²) in [6.45, 7) is 3.93. The lowest BCUT2D eigenvalue weighted by Crippen LogP contribution is -2.48. The number of carbonyl (C=O) groups is 1. The van der Waals surface area contributed by atoms with Gasteiger partial charge in [0.2, 0.25) is 5.91 Å². The summed E-state index contributed by atoms with van der Waals surface area (Å²) in [7, 11) is 0. The smallest absolute Gasteiger partial charge is 0.224 e. The molecule has 2 N–H and O–H groups in total. The summed E-state index contributed by atoms with van der Waals surface area (Å²) >= 11 is 3.41. The summed E-state index contributed by atoms with van der Waals surface area (Å²) in [6, 6.07) is 7.86. The van der Waals surface area contributed by atoms with Gasteiger partial charge in [0.1, 0.15) is 0 Å². The zero-order chi connectivity index (χ0) is 12.3. The van der Waals surface area contributed by atoms with Crippen LogP contribution in [0.1, 0.15) is 18.9 Å². The first-order valence-corrected chi connectivity index (χ1v) is 6.63. The fourth-order valence-electron chi connectivity index (χ4n) is 2.14. The Morgan fingerprint density at radius 3 is 3.06 bits per heavy atom. The molecule has 1 atom stereocenters. The first-order chi connectivity index (χ1) is 8.07. The molecule has 0 bridgehead atoms. The van der Waals surface area contributed by atoms with Crippen molar-refractivity contribution in [2.75, 3.05) is 13.1 Å². The lowest BCUT2D eigenvalue weighted by Gasteiger charge is -2.24. The van der Waals surface area contributed by atoms with E-state index in [1.165, 1.54) is 0 Å². The van der Waals surface area contributed by atoms with Crippen molar-refractivity contribution in [2.45, 2.75) is 25.3 Å². The minimum absolute atomic E-state index is 0.0803. The molecular formula is C13H17BrN2O. The molecule has 1 aromatic carbocycles. The zero-order valence-corrected chi connectivity index (χ0v) is 11.5. The number of hydrogen-bond acceptors (Lipinski definition) is 2. The van der Waals surface area contributed by atoms with Gasteiger partial charge >= 0.3 is 0 Å². The average Bonchev–Trinajstić information content (AvgIpc) is 2.64. The van der Waals surface area contributed by atoms with Gasteiger partial charge in [-0.1, -0.05) is 28.1 Å². The number of carbonyl (C=O) groups excluding carboxylic acids is 1. The van der Waals surface area contributed by atoms with Gasteiger partial charge in [-0.3, -0.25) is 4.79 Å². The Morgan fingerprint density at radius 1 is 1.59 bits per heavy atom. The summed E-state index contributed by atoms with van der Waals surface area (Å²) in [5.74, 6) is 0.0919. The number of halogens is 1. The lowest BCUT2D eigenvalue weighted by molar-refractivity contribution is -0.122. The molecule has 1 amide bonds. The molecule has 4 heteroatoms. The Labute approximate surface area is 110 Å². The topological polar surface area (TPSA) is 41.1 Å². The maximum Gasteiger partial charge on any atom is 0.224 e. The van der Waals surface area contributed by atoms with Crippen LogP contribution >= 0.6 is 15.9 Å². The predicted octanol–water partition coefficient (Wildman–Crippen LogP) is 1.86. The molecule has 2 rings (SSSR count). The minimum Gasteiger partial charge on any atom is -0.349 e. The molecule has 0 aromatic heterocycles. The largest absolute Gasteiger partial charge is 0.349 e. The third-order valence-corrected chi connectivity index (χ3v) is 3.56. The van der Waals surface area contributed by atoms with E-state index in [2.05, 4.69) is 33.5 Å². The van der Waals surface area contributed by atoms with Crippen LogP contribution in [-0.2, 0) is 11.2 Å². The molecule has 3 nitrogen and oxygen atoms in total. The molecule has 1 aliphatic rings. The third-order valence-electron chi connectivity index (χ3n) is 3.06. The number of amides is 1. The SMILES string of the molecule is CC1(NC(=O)Cc2cccc(Br)c2)CCNC1. The number of rotatable bonds is 3. The Bertz CT molecular complexity index is 414. The molecule has 0 radical (unpaired) electrons. The fraction of sp³-hybridized carbons (Fsp3) is 0.462. The van der Waals surface area contributed by atoms with Crippen LogP contribution in [0, 0.1) is 0 Å². The van der Waals surface area contributed by atoms with Crippen LogP contribution in [0.2, 0.25) is 0 Å². The number of hydrogen-bond donors (Lipinski definition) is 2. The molecule has 0 saturated carbocycles. The molecule has 1 aromatic rings. The molecule has 0 spiro atoms. The van der Waals surface area contributed by atoms with Crippen LogP contribution in [0.4, 0.5) is 0 Å². The maximum absolute atomic E-state index is 11.9. The van der Waals surface area contributed by atoms with Crippen molar-refractivity contribution in [2.24, 2.45) is 0 Å². The Balaban J connectivity index is 1.93. The molecule has 0 aliphatic carbocycles. The molecule has 1 saturated heterocycles. The normalized spacial score (nSPS) is 23.6. The first-order valence-electron chi connectivity index (χ1n) is 5.84. The van der Waals surface area contributed by atoms with Crippen molar-refractivity contribution in [3.63, 3.8) is 0 Å². The molecule has 1 unspecified atom stereocenters. The van der Waals surface area contributed by atoms with Gasteiger partial charge in [-0.2, -0.15) is 0 Å². The van der Waals surface area contributed by atoms with E-state index >= 15 is 0 Å². The Hall–Kier alpha value is -0.870. The van der Waals surface area contributed by atoms with E-state index < -0.39 is 0 Å². The van der Waals surface area contributed by atoms with Gasteiger partial charge in [-0.05, 0) is 37.6 Å². The second kappa shape index (κ2) is 5.19. The Kier molecular flexibility index (Phi) is 3.84. The van der Waals surface area contributed by atoms with Crippen LogP contribution in [0.3, 0.4) is 0 Å². The van der Waals surface area contributed by atoms with Crippen molar-refractivity contribution >= 4 is 21.8 Å². The van der Waals surface area contributed by atoms with Crippen LogP contribution < -0.4 is 10.6 Å². The quantitative estimate of drug-likeness (QED) is 0.894. The van der Waals surface area contributed by atoms with Crippen LogP contribution in [0.5, 0.6) is 0 Å². The van der Waals surface area contributed by atoms with Gasteiger partial charge in [0.15, 0.2) is 0 Å². The van der Waals surface area contributed by atoms with Crippen LogP contribution in [0.15, 0.2) is 28.7 Å². The van der Waals surface area contributed by atoms with Gasteiger partial charge in [0, 0.05) is 11.0 Å². The van der Waals surface area contributed by atoms with Crippen molar-refractivity contribution in [3.8, 4) is 0 Å². The highest BCUT2D eigenvalue weighted by Gasteiger charge is 2.29. The first kappa shape index (κ1) is 12.6. The van der Waals surface area contributed by atoms with E-state index in [-0.39, 0.29) is 11.4 Å². The highest BCUT2D eigenvalue weighted by atomic mass is 79.9. The van der Waals surface area contributed by atoms with Crippen molar-refractivity contribution in [3.05, 3.63) is 34.3 Å². The minimum atomic E-state index is -0.0803. The number of nitrogens with one attached hydrogen (secondary N) is 2. The van der Waals surface area contributed by atoms with Gasteiger partial charge in [-0.15, -0.1) is 0 Å². The van der Waals surface area contributed by atoms with Gasteiger partial charge in [-0.25, -0.2) is 0 Å². The zero-order valence-electron chi connectivity index (χ0n) is 9.92. The molecule has 1 aliphatic heterocycles. The Morgan fingerprint density at radius 2 is 2.41 bits per heavy atom. The lowest BCUT2D eigenvalue weighted by atomic mass is 10.0. The summed E-state index contributed by atoms with van der Waals surface area (Å²) in [5, 5.41) is 6.38. The molecule has 1 fully saturated rings. The summed E-state index contributed by atoms with van der Waals surface area (Å²) < 4.78 is 1.01. The standard InChI is InChI=1S/C13H17BrN2O/c1-13(5-6-15-9-13)16-12(17)8-10-3-2-4-11(14)7-10/h2-4,7,15H,5-6,8-9H2,1H3,(H,16,17). The van der Waals surface area contributed by atoms with Crippen molar-refractivity contribution in [1.29, 1.82) is 0 Å². The van der Waals surface area contributed by atoms with Crippen LogP contribution in [-0.4, -0.2) is 24.5 Å². The molecule has 92 valence electrons. The monoisotopic (exact) mass is 296 g/mol. The van der Waals surface area contributed by atoms with Gasteiger partial charge < -0.3 is 10.6 Å². The summed E-state index contributed by atoms with van der Waals surface area (Å²) in [6.07, 6.45) is 1.44. The van der Waals surface area contributed by atoms with Crippen molar-refractivity contribution in [1.82, 2.24) is 10.6 Å². The van der Waals surface area contributed by atoms with Crippen molar-refractivity contribution < 1.29 is 4.79 Å². The number of benzene rings is 1. The second-order valence-electron chi connectivity index (χ2n) is 4.84. The molecule has 1 heterocycles.